The molecule has 0 bridgehead atoms. The van der Waals surface area contributed by atoms with Crippen molar-refractivity contribution in [1.29, 1.82) is 0 Å². The average Bonchev–Trinajstić information content (AvgIpc) is 3.14. The average molecular weight is 405 g/mol. The second kappa shape index (κ2) is 7.48. The number of aromatic nitrogens is 3. The minimum Gasteiger partial charge on any atom is -0.298 e. The number of aryl methyl sites for hydroxylation is 1. The minimum absolute atomic E-state index is 0.203. The number of nitrogens with zero attached hydrogens (tertiary/aromatic N) is 5. The van der Waals surface area contributed by atoms with E-state index in [0.717, 1.165) is 26.8 Å². The molecule has 0 aliphatic carbocycles. The topological polar surface area (TPSA) is 79.9 Å². The van der Waals surface area contributed by atoms with Gasteiger partial charge in [-0.25, -0.2) is 4.98 Å². The number of hydrazone groups is 1. The predicted molar refractivity (Wildman–Crippen MR) is 112 cm³/mol. The van der Waals surface area contributed by atoms with Crippen LogP contribution in [0.3, 0.4) is 0 Å². The quantitative estimate of drug-likeness (QED) is 0.377. The molecule has 0 saturated heterocycles. The van der Waals surface area contributed by atoms with Crippen molar-refractivity contribution in [3.8, 4) is 11.1 Å². The molecule has 0 aliphatic rings. The highest BCUT2D eigenvalue weighted by Crippen LogP contribution is 2.20. The van der Waals surface area contributed by atoms with Gasteiger partial charge in [-0.2, -0.15) is 17.9 Å². The first-order chi connectivity index (χ1) is 13.9. The lowest BCUT2D eigenvalue weighted by atomic mass is 10.1. The van der Waals surface area contributed by atoms with Gasteiger partial charge in [0.05, 0.1) is 23.0 Å². The van der Waals surface area contributed by atoms with Gasteiger partial charge in [0.25, 0.3) is 10.0 Å². The predicted octanol–water partition coefficient (Wildman–Crippen LogP) is 3.36. The smallest absolute Gasteiger partial charge is 0.278 e. The summed E-state index contributed by atoms with van der Waals surface area (Å²) in [4.78, 5) is 8.70. The van der Waals surface area contributed by atoms with Gasteiger partial charge in [0.1, 0.15) is 5.65 Å². The van der Waals surface area contributed by atoms with Crippen molar-refractivity contribution in [3.63, 3.8) is 0 Å². The number of pyridine rings is 2. The molecule has 0 fully saturated rings. The third-order valence-corrected chi connectivity index (χ3v) is 6.16. The Labute approximate surface area is 169 Å². The normalized spacial score (nSPS) is 11.9. The molecule has 1 aromatic carbocycles. The molecule has 7 nitrogen and oxygen atoms in total. The first-order valence-electron chi connectivity index (χ1n) is 8.92. The lowest BCUT2D eigenvalue weighted by Crippen LogP contribution is -2.22. The number of fused-ring (bicyclic) bond motifs is 1. The summed E-state index contributed by atoms with van der Waals surface area (Å²) in [5, 5.41) is 4.14. The highest BCUT2D eigenvalue weighted by molar-refractivity contribution is 7.89. The van der Waals surface area contributed by atoms with E-state index in [1.54, 1.807) is 36.8 Å². The standard InChI is InChI=1S/C21H19N5O2S/c1-16-5-3-7-20(11-16)29(27,28)25(2)24-14-19-13-23-21-9-8-18(15-26(19)21)17-6-4-10-22-12-17/h3-15H,1-2H3/b24-14+. The molecule has 0 amide bonds. The van der Waals surface area contributed by atoms with Crippen LogP contribution < -0.4 is 0 Å². The molecule has 4 aromatic rings. The Morgan fingerprint density at radius 3 is 2.69 bits per heavy atom. The Bertz CT molecular complexity index is 1300. The summed E-state index contributed by atoms with van der Waals surface area (Å²) in [6, 6.07) is 14.5. The van der Waals surface area contributed by atoms with Crippen LogP contribution in [-0.4, -0.2) is 40.5 Å². The number of hydrogen-bond acceptors (Lipinski definition) is 5. The van der Waals surface area contributed by atoms with Gasteiger partial charge in [-0.3, -0.25) is 9.38 Å². The zero-order valence-corrected chi connectivity index (χ0v) is 16.8. The van der Waals surface area contributed by atoms with Crippen LogP contribution in [0.2, 0.25) is 0 Å². The number of benzene rings is 1. The van der Waals surface area contributed by atoms with Crippen molar-refractivity contribution in [2.45, 2.75) is 11.8 Å². The molecule has 0 spiro atoms. The zero-order chi connectivity index (χ0) is 20.4. The van der Waals surface area contributed by atoms with Crippen LogP contribution in [0.4, 0.5) is 0 Å². The number of sulfonamides is 1. The van der Waals surface area contributed by atoms with E-state index in [0.29, 0.717) is 5.69 Å². The van der Waals surface area contributed by atoms with Crippen LogP contribution in [0.5, 0.6) is 0 Å². The van der Waals surface area contributed by atoms with Gasteiger partial charge in [0.15, 0.2) is 0 Å². The summed E-state index contributed by atoms with van der Waals surface area (Å²) >= 11 is 0. The van der Waals surface area contributed by atoms with Crippen molar-refractivity contribution in [2.24, 2.45) is 5.10 Å². The van der Waals surface area contributed by atoms with Crippen molar-refractivity contribution in [2.75, 3.05) is 7.05 Å². The van der Waals surface area contributed by atoms with Crippen molar-refractivity contribution < 1.29 is 8.42 Å². The van der Waals surface area contributed by atoms with E-state index in [9.17, 15) is 8.42 Å². The fourth-order valence-corrected chi connectivity index (χ4v) is 3.99. The highest BCUT2D eigenvalue weighted by atomic mass is 32.2. The summed E-state index contributed by atoms with van der Waals surface area (Å²) in [5.41, 5.74) is 4.22. The van der Waals surface area contributed by atoms with Crippen LogP contribution in [-0.2, 0) is 10.0 Å². The van der Waals surface area contributed by atoms with Gasteiger partial charge in [-0.1, -0.05) is 18.2 Å². The lowest BCUT2D eigenvalue weighted by molar-refractivity contribution is 0.491. The van der Waals surface area contributed by atoms with E-state index >= 15 is 0 Å². The molecule has 8 heteroatoms. The molecule has 0 radical (unpaired) electrons. The second-order valence-electron chi connectivity index (χ2n) is 6.57. The van der Waals surface area contributed by atoms with Crippen LogP contribution in [0, 0.1) is 6.92 Å². The van der Waals surface area contributed by atoms with Crippen molar-refractivity contribution >= 4 is 21.9 Å². The summed E-state index contributed by atoms with van der Waals surface area (Å²) in [6.07, 6.45) is 8.57. The molecule has 0 N–H and O–H groups in total. The molecule has 0 unspecified atom stereocenters. The second-order valence-corrected chi connectivity index (χ2v) is 8.52. The maximum absolute atomic E-state index is 12.7. The zero-order valence-electron chi connectivity index (χ0n) is 16.0. The fraction of sp³-hybridized carbons (Fsp3) is 0.0952. The van der Waals surface area contributed by atoms with E-state index in [-0.39, 0.29) is 4.90 Å². The van der Waals surface area contributed by atoms with Gasteiger partial charge >= 0.3 is 0 Å². The Hall–Kier alpha value is -3.52. The lowest BCUT2D eigenvalue weighted by Gasteiger charge is -2.13. The summed E-state index contributed by atoms with van der Waals surface area (Å²) in [6.45, 7) is 1.85. The summed E-state index contributed by atoms with van der Waals surface area (Å²) in [5.74, 6) is 0. The first kappa shape index (κ1) is 18.8. The molecule has 3 aromatic heterocycles. The SMILES string of the molecule is Cc1cccc(S(=O)(=O)N(C)/N=C/c2cnc3ccc(-c4cccnc4)cn23)c1. The van der Waals surface area contributed by atoms with E-state index in [2.05, 4.69) is 15.1 Å². The fourth-order valence-electron chi connectivity index (χ4n) is 2.93. The van der Waals surface area contributed by atoms with E-state index in [1.165, 1.54) is 13.3 Å². The summed E-state index contributed by atoms with van der Waals surface area (Å²) in [7, 11) is -2.31. The maximum atomic E-state index is 12.7. The van der Waals surface area contributed by atoms with Crippen LogP contribution in [0.1, 0.15) is 11.3 Å². The molecular weight excluding hydrogens is 386 g/mol. The highest BCUT2D eigenvalue weighted by Gasteiger charge is 2.19. The van der Waals surface area contributed by atoms with Crippen LogP contribution in [0.15, 0.2) is 83.3 Å². The number of hydrogen-bond donors (Lipinski definition) is 0. The number of rotatable bonds is 5. The Kier molecular flexibility index (Phi) is 4.85. The Morgan fingerprint density at radius 1 is 1.07 bits per heavy atom. The third kappa shape index (κ3) is 3.74. The van der Waals surface area contributed by atoms with Gasteiger partial charge < -0.3 is 0 Å². The van der Waals surface area contributed by atoms with Crippen LogP contribution >= 0.6 is 0 Å². The monoisotopic (exact) mass is 405 g/mol. The summed E-state index contributed by atoms with van der Waals surface area (Å²) < 4.78 is 28.3. The molecule has 3 heterocycles. The van der Waals surface area contributed by atoms with Gasteiger partial charge in [0, 0.05) is 36.8 Å². The minimum atomic E-state index is -3.72. The van der Waals surface area contributed by atoms with Gasteiger partial charge in [-0.05, 0) is 42.8 Å². The number of imidazole rings is 1. The van der Waals surface area contributed by atoms with E-state index in [1.807, 2.05) is 47.9 Å². The first-order valence-corrected chi connectivity index (χ1v) is 10.4. The molecule has 146 valence electrons. The largest absolute Gasteiger partial charge is 0.298 e. The van der Waals surface area contributed by atoms with Gasteiger partial charge in [-0.15, -0.1) is 0 Å². The Morgan fingerprint density at radius 2 is 1.93 bits per heavy atom. The van der Waals surface area contributed by atoms with Crippen molar-refractivity contribution in [3.05, 3.63) is 84.6 Å². The molecule has 0 atom stereocenters. The molecule has 0 saturated carbocycles. The van der Waals surface area contributed by atoms with Gasteiger partial charge in [0.2, 0.25) is 0 Å². The van der Waals surface area contributed by atoms with E-state index in [4.69, 9.17) is 0 Å². The molecular formula is C21H19N5O2S. The molecule has 29 heavy (non-hydrogen) atoms. The van der Waals surface area contributed by atoms with E-state index < -0.39 is 10.0 Å². The van der Waals surface area contributed by atoms with Crippen molar-refractivity contribution in [1.82, 2.24) is 18.8 Å². The van der Waals surface area contributed by atoms with Crippen LogP contribution in [0.25, 0.3) is 16.8 Å². The molecule has 4 rings (SSSR count). The Balaban J connectivity index is 1.66. The third-order valence-electron chi connectivity index (χ3n) is 4.52. The molecule has 0 aliphatic heterocycles. The maximum Gasteiger partial charge on any atom is 0.278 e.